The van der Waals surface area contributed by atoms with E-state index in [1.165, 1.54) is 0 Å². The van der Waals surface area contributed by atoms with Gasteiger partial charge in [-0.25, -0.2) is 0 Å². The average Bonchev–Trinajstić information content (AvgIpc) is 3.11. The molecule has 0 bridgehead atoms. The number of hydrogen-bond acceptors (Lipinski definition) is 4. The zero-order valence-electron chi connectivity index (χ0n) is 11.4. The highest BCUT2D eigenvalue weighted by molar-refractivity contribution is 5.79. The minimum Gasteiger partial charge on any atom is -0.342 e. The molecule has 1 amide bonds. The molecule has 1 fully saturated rings. The van der Waals surface area contributed by atoms with Crippen molar-refractivity contribution in [3.63, 3.8) is 0 Å². The normalized spacial score (nSPS) is 18.4. The van der Waals surface area contributed by atoms with Gasteiger partial charge in [-0.15, -0.1) is 10.2 Å². The molecule has 2 heterocycles. The Kier molecular flexibility index (Phi) is 3.45. The van der Waals surface area contributed by atoms with Gasteiger partial charge in [-0.2, -0.15) is 5.21 Å². The first-order valence-electron chi connectivity index (χ1n) is 6.79. The number of likely N-dealkylation sites (tertiary alicyclic amines) is 1. The molecule has 104 valence electrons. The van der Waals surface area contributed by atoms with Gasteiger partial charge in [0.15, 0.2) is 5.82 Å². The molecule has 1 aliphatic rings. The Hall–Kier alpha value is -2.24. The summed E-state index contributed by atoms with van der Waals surface area (Å²) < 4.78 is 0. The zero-order chi connectivity index (χ0) is 13.9. The number of tetrazole rings is 1. The Morgan fingerprint density at radius 1 is 1.45 bits per heavy atom. The number of H-pyrrole nitrogens is 1. The summed E-state index contributed by atoms with van der Waals surface area (Å²) in [5, 5.41) is 14.1. The topological polar surface area (TPSA) is 74.8 Å². The van der Waals surface area contributed by atoms with E-state index >= 15 is 0 Å². The van der Waals surface area contributed by atoms with Crippen LogP contribution >= 0.6 is 0 Å². The Morgan fingerprint density at radius 2 is 2.30 bits per heavy atom. The van der Waals surface area contributed by atoms with E-state index in [4.69, 9.17) is 0 Å². The van der Waals surface area contributed by atoms with Crippen molar-refractivity contribution in [1.82, 2.24) is 25.5 Å². The summed E-state index contributed by atoms with van der Waals surface area (Å²) in [5.41, 5.74) is 2.26. The van der Waals surface area contributed by atoms with Crippen molar-refractivity contribution in [2.24, 2.45) is 0 Å². The van der Waals surface area contributed by atoms with E-state index in [1.807, 2.05) is 36.1 Å². The average molecular weight is 271 g/mol. The maximum atomic E-state index is 12.3. The van der Waals surface area contributed by atoms with Crippen molar-refractivity contribution in [3.8, 4) is 0 Å². The maximum Gasteiger partial charge on any atom is 0.227 e. The summed E-state index contributed by atoms with van der Waals surface area (Å²) >= 11 is 0. The standard InChI is InChI=1S/C14H17N5O/c1-10-4-2-3-5-11(10)8-13(20)19-7-6-12(9-19)14-15-17-18-16-14/h2-5,12H,6-9H2,1H3,(H,15,16,17,18). The molecule has 6 heteroatoms. The molecule has 1 aromatic carbocycles. The molecule has 1 unspecified atom stereocenters. The quantitative estimate of drug-likeness (QED) is 0.906. The number of benzene rings is 1. The van der Waals surface area contributed by atoms with Crippen LogP contribution in [0, 0.1) is 6.92 Å². The molecule has 2 aromatic rings. The number of amides is 1. The highest BCUT2D eigenvalue weighted by atomic mass is 16.2. The Bertz CT molecular complexity index is 595. The maximum absolute atomic E-state index is 12.3. The molecule has 0 saturated carbocycles. The fourth-order valence-electron chi connectivity index (χ4n) is 2.62. The lowest BCUT2D eigenvalue weighted by Crippen LogP contribution is -2.30. The first-order valence-corrected chi connectivity index (χ1v) is 6.79. The lowest BCUT2D eigenvalue weighted by Gasteiger charge is -2.16. The third kappa shape index (κ3) is 2.54. The zero-order valence-corrected chi connectivity index (χ0v) is 11.4. The van der Waals surface area contributed by atoms with Crippen LogP contribution in [0.25, 0.3) is 0 Å². The van der Waals surface area contributed by atoms with Gasteiger partial charge in [0, 0.05) is 19.0 Å². The predicted octanol–water partition coefficient (Wildman–Crippen LogP) is 1.07. The molecule has 1 atom stereocenters. The number of nitrogens with one attached hydrogen (secondary N) is 1. The summed E-state index contributed by atoms with van der Waals surface area (Å²) in [5.74, 6) is 1.08. The number of rotatable bonds is 3. The summed E-state index contributed by atoms with van der Waals surface area (Å²) in [4.78, 5) is 14.2. The third-order valence-electron chi connectivity index (χ3n) is 3.87. The number of aryl methyl sites for hydroxylation is 1. The highest BCUT2D eigenvalue weighted by Crippen LogP contribution is 2.24. The van der Waals surface area contributed by atoms with Gasteiger partial charge < -0.3 is 4.90 Å². The largest absolute Gasteiger partial charge is 0.342 e. The van der Waals surface area contributed by atoms with Crippen LogP contribution in [0.1, 0.15) is 29.3 Å². The van der Waals surface area contributed by atoms with Gasteiger partial charge in [-0.3, -0.25) is 4.79 Å². The van der Waals surface area contributed by atoms with E-state index in [-0.39, 0.29) is 11.8 Å². The van der Waals surface area contributed by atoms with Crippen LogP contribution in [0.15, 0.2) is 24.3 Å². The van der Waals surface area contributed by atoms with Gasteiger partial charge in [-0.1, -0.05) is 29.5 Å². The second kappa shape index (κ2) is 5.40. The first-order chi connectivity index (χ1) is 9.74. The monoisotopic (exact) mass is 271 g/mol. The second-order valence-corrected chi connectivity index (χ2v) is 5.20. The summed E-state index contributed by atoms with van der Waals surface area (Å²) in [6.07, 6.45) is 1.37. The molecule has 1 saturated heterocycles. The van der Waals surface area contributed by atoms with E-state index in [1.54, 1.807) is 0 Å². The van der Waals surface area contributed by atoms with Gasteiger partial charge in [0.25, 0.3) is 0 Å². The minimum absolute atomic E-state index is 0.172. The highest BCUT2D eigenvalue weighted by Gasteiger charge is 2.29. The molecular formula is C14H17N5O. The second-order valence-electron chi connectivity index (χ2n) is 5.20. The first kappa shape index (κ1) is 12.8. The Balaban J connectivity index is 1.63. The van der Waals surface area contributed by atoms with Crippen LogP contribution in [-0.2, 0) is 11.2 Å². The molecule has 0 radical (unpaired) electrons. The predicted molar refractivity (Wildman–Crippen MR) is 73.0 cm³/mol. The van der Waals surface area contributed by atoms with Gasteiger partial charge in [0.05, 0.1) is 6.42 Å². The summed E-state index contributed by atoms with van der Waals surface area (Å²) in [6.45, 7) is 3.49. The molecule has 0 aliphatic carbocycles. The molecule has 6 nitrogen and oxygen atoms in total. The number of nitrogens with zero attached hydrogens (tertiary/aromatic N) is 4. The smallest absolute Gasteiger partial charge is 0.227 e. The fraction of sp³-hybridized carbons (Fsp3) is 0.429. The number of carbonyl (C=O) groups excluding carboxylic acids is 1. The number of aromatic nitrogens is 4. The lowest BCUT2D eigenvalue weighted by molar-refractivity contribution is -0.129. The summed E-state index contributed by atoms with van der Waals surface area (Å²) in [7, 11) is 0. The third-order valence-corrected chi connectivity index (χ3v) is 3.87. The van der Waals surface area contributed by atoms with Crippen molar-refractivity contribution in [2.45, 2.75) is 25.7 Å². The van der Waals surface area contributed by atoms with Crippen LogP contribution in [-0.4, -0.2) is 44.5 Å². The van der Waals surface area contributed by atoms with E-state index in [0.29, 0.717) is 18.8 Å². The number of aromatic amines is 1. The van der Waals surface area contributed by atoms with E-state index < -0.39 is 0 Å². The van der Waals surface area contributed by atoms with E-state index in [9.17, 15) is 4.79 Å². The Labute approximate surface area is 117 Å². The van der Waals surface area contributed by atoms with Crippen LogP contribution < -0.4 is 0 Å². The molecule has 1 aliphatic heterocycles. The van der Waals surface area contributed by atoms with Crippen molar-refractivity contribution < 1.29 is 4.79 Å². The van der Waals surface area contributed by atoms with Crippen LogP contribution in [0.2, 0.25) is 0 Å². The Morgan fingerprint density at radius 3 is 3.05 bits per heavy atom. The lowest BCUT2D eigenvalue weighted by atomic mass is 10.1. The SMILES string of the molecule is Cc1ccccc1CC(=O)N1CCC(c2nn[nH]n2)C1. The fourth-order valence-corrected chi connectivity index (χ4v) is 2.62. The summed E-state index contributed by atoms with van der Waals surface area (Å²) in [6, 6.07) is 8.02. The van der Waals surface area contributed by atoms with E-state index in [0.717, 1.165) is 24.1 Å². The van der Waals surface area contributed by atoms with Crippen LogP contribution in [0.5, 0.6) is 0 Å². The molecule has 3 rings (SSSR count). The molecule has 1 aromatic heterocycles. The van der Waals surface area contributed by atoms with Crippen molar-refractivity contribution >= 4 is 5.91 Å². The minimum atomic E-state index is 0.172. The van der Waals surface area contributed by atoms with Crippen molar-refractivity contribution in [2.75, 3.05) is 13.1 Å². The van der Waals surface area contributed by atoms with Crippen molar-refractivity contribution in [3.05, 3.63) is 41.2 Å². The van der Waals surface area contributed by atoms with Crippen LogP contribution in [0.3, 0.4) is 0 Å². The van der Waals surface area contributed by atoms with Crippen LogP contribution in [0.4, 0.5) is 0 Å². The molecular weight excluding hydrogens is 254 g/mol. The van der Waals surface area contributed by atoms with Gasteiger partial charge in [0.1, 0.15) is 0 Å². The molecule has 20 heavy (non-hydrogen) atoms. The van der Waals surface area contributed by atoms with E-state index in [2.05, 4.69) is 20.6 Å². The number of carbonyl (C=O) groups is 1. The van der Waals surface area contributed by atoms with Gasteiger partial charge in [0.2, 0.25) is 5.91 Å². The molecule has 1 N–H and O–H groups in total. The van der Waals surface area contributed by atoms with Crippen molar-refractivity contribution in [1.29, 1.82) is 0 Å². The van der Waals surface area contributed by atoms with Gasteiger partial charge in [-0.05, 0) is 24.5 Å². The number of hydrogen-bond donors (Lipinski definition) is 1. The molecule has 0 spiro atoms. The van der Waals surface area contributed by atoms with Gasteiger partial charge >= 0.3 is 0 Å².